The normalized spacial score (nSPS) is 17.4. The number of halogens is 3. The van der Waals surface area contributed by atoms with E-state index in [0.29, 0.717) is 6.07 Å². The molecule has 0 aliphatic heterocycles. The predicted octanol–water partition coefficient (Wildman–Crippen LogP) is 2.86. The van der Waals surface area contributed by atoms with Gasteiger partial charge >= 0.3 is 6.18 Å². The SMILES string of the molecule is O=c1cc(C(F)(F)F)c2cn(C3CCCC3)nc2[nH]1. The van der Waals surface area contributed by atoms with Crippen molar-refractivity contribution in [2.45, 2.75) is 37.9 Å². The lowest BCUT2D eigenvalue weighted by atomic mass is 10.2. The highest BCUT2D eigenvalue weighted by Gasteiger charge is 2.34. The van der Waals surface area contributed by atoms with Crippen molar-refractivity contribution < 1.29 is 13.2 Å². The van der Waals surface area contributed by atoms with E-state index in [4.69, 9.17) is 0 Å². The van der Waals surface area contributed by atoms with Crippen molar-refractivity contribution in [3.05, 3.63) is 28.2 Å². The van der Waals surface area contributed by atoms with Crippen LogP contribution in [-0.2, 0) is 6.18 Å². The number of alkyl halides is 3. The van der Waals surface area contributed by atoms with Gasteiger partial charge < -0.3 is 4.98 Å². The van der Waals surface area contributed by atoms with Crippen molar-refractivity contribution in [2.75, 3.05) is 0 Å². The van der Waals surface area contributed by atoms with Gasteiger partial charge in [-0.25, -0.2) is 0 Å². The average Bonchev–Trinajstić information content (AvgIpc) is 2.93. The van der Waals surface area contributed by atoms with Crippen LogP contribution in [0.5, 0.6) is 0 Å². The number of rotatable bonds is 1. The first-order valence-electron chi connectivity index (χ1n) is 6.14. The maximum atomic E-state index is 12.9. The Balaban J connectivity index is 2.18. The molecule has 2 heterocycles. The fraction of sp³-hybridized carbons (Fsp3) is 0.500. The molecule has 7 heteroatoms. The Bertz CT molecular complexity index is 665. The first kappa shape index (κ1) is 12.3. The molecule has 1 N–H and O–H groups in total. The Morgan fingerprint density at radius 3 is 2.63 bits per heavy atom. The van der Waals surface area contributed by atoms with Crippen LogP contribution in [0, 0.1) is 0 Å². The summed E-state index contributed by atoms with van der Waals surface area (Å²) in [4.78, 5) is 13.6. The van der Waals surface area contributed by atoms with Crippen LogP contribution >= 0.6 is 0 Å². The van der Waals surface area contributed by atoms with Crippen molar-refractivity contribution in [3.63, 3.8) is 0 Å². The highest BCUT2D eigenvalue weighted by atomic mass is 19.4. The average molecular weight is 271 g/mol. The Morgan fingerprint density at radius 1 is 1.32 bits per heavy atom. The fourth-order valence-electron chi connectivity index (χ4n) is 2.63. The summed E-state index contributed by atoms with van der Waals surface area (Å²) in [6, 6.07) is 0.722. The number of H-pyrrole nitrogens is 1. The molecule has 2 aromatic rings. The summed E-state index contributed by atoms with van der Waals surface area (Å²) >= 11 is 0. The van der Waals surface area contributed by atoms with Crippen LogP contribution in [-0.4, -0.2) is 14.8 Å². The lowest BCUT2D eigenvalue weighted by Gasteiger charge is -2.08. The molecule has 0 aromatic carbocycles. The van der Waals surface area contributed by atoms with Gasteiger partial charge in [0.05, 0.1) is 11.6 Å². The zero-order valence-electron chi connectivity index (χ0n) is 10.00. The third-order valence-corrected chi connectivity index (χ3v) is 3.54. The van der Waals surface area contributed by atoms with Crippen molar-refractivity contribution in [2.24, 2.45) is 0 Å². The van der Waals surface area contributed by atoms with E-state index in [1.54, 1.807) is 4.68 Å². The molecular weight excluding hydrogens is 259 g/mol. The van der Waals surface area contributed by atoms with Crippen molar-refractivity contribution >= 4 is 11.0 Å². The molecule has 1 saturated carbocycles. The molecule has 4 nitrogen and oxygen atoms in total. The van der Waals surface area contributed by atoms with Gasteiger partial charge in [0.25, 0.3) is 0 Å². The molecule has 0 spiro atoms. The highest BCUT2D eigenvalue weighted by Crippen LogP contribution is 2.35. The molecule has 1 aliphatic carbocycles. The molecule has 3 rings (SSSR count). The zero-order chi connectivity index (χ0) is 13.6. The quantitative estimate of drug-likeness (QED) is 0.867. The topological polar surface area (TPSA) is 50.7 Å². The van der Waals surface area contributed by atoms with Gasteiger partial charge in [-0.2, -0.15) is 18.3 Å². The van der Waals surface area contributed by atoms with Crippen LogP contribution in [0.1, 0.15) is 37.3 Å². The molecule has 19 heavy (non-hydrogen) atoms. The number of hydrogen-bond acceptors (Lipinski definition) is 2. The van der Waals surface area contributed by atoms with Crippen molar-refractivity contribution in [1.29, 1.82) is 0 Å². The number of pyridine rings is 1. The van der Waals surface area contributed by atoms with Crippen LogP contribution in [0.3, 0.4) is 0 Å². The van der Waals surface area contributed by atoms with Crippen LogP contribution in [0.15, 0.2) is 17.1 Å². The second-order valence-corrected chi connectivity index (χ2v) is 4.85. The van der Waals surface area contributed by atoms with Crippen LogP contribution in [0.2, 0.25) is 0 Å². The smallest absolute Gasteiger partial charge is 0.305 e. The molecule has 0 unspecified atom stereocenters. The van der Waals surface area contributed by atoms with Crippen molar-refractivity contribution in [3.8, 4) is 0 Å². The van der Waals surface area contributed by atoms with Crippen LogP contribution < -0.4 is 5.56 Å². The minimum absolute atomic E-state index is 0.00623. The van der Waals surface area contributed by atoms with E-state index in [9.17, 15) is 18.0 Å². The number of aromatic nitrogens is 3. The highest BCUT2D eigenvalue weighted by molar-refractivity contribution is 5.78. The second-order valence-electron chi connectivity index (χ2n) is 4.85. The largest absolute Gasteiger partial charge is 0.417 e. The molecule has 1 fully saturated rings. The Kier molecular flexibility index (Phi) is 2.65. The Morgan fingerprint density at radius 2 is 2.00 bits per heavy atom. The molecule has 0 bridgehead atoms. The summed E-state index contributed by atoms with van der Waals surface area (Å²) in [5.41, 5.74) is -1.70. The molecule has 0 radical (unpaired) electrons. The minimum Gasteiger partial charge on any atom is -0.305 e. The van der Waals surface area contributed by atoms with Gasteiger partial charge in [-0.1, -0.05) is 12.8 Å². The predicted molar refractivity (Wildman–Crippen MR) is 62.9 cm³/mol. The van der Waals surface area contributed by atoms with E-state index in [1.165, 1.54) is 6.20 Å². The summed E-state index contributed by atoms with van der Waals surface area (Å²) < 4.78 is 40.2. The Hall–Kier alpha value is -1.79. The lowest BCUT2D eigenvalue weighted by molar-refractivity contribution is -0.136. The standard InChI is InChI=1S/C12H12F3N3O/c13-12(14,15)9-5-10(19)16-11-8(9)6-18(17-11)7-3-1-2-4-7/h5-7H,1-4H2,(H,16,17,19). The maximum Gasteiger partial charge on any atom is 0.417 e. The fourth-order valence-corrected chi connectivity index (χ4v) is 2.63. The van der Waals surface area contributed by atoms with E-state index in [0.717, 1.165) is 25.7 Å². The van der Waals surface area contributed by atoms with E-state index < -0.39 is 17.3 Å². The first-order chi connectivity index (χ1) is 8.95. The second kappa shape index (κ2) is 4.11. The molecule has 102 valence electrons. The summed E-state index contributed by atoms with van der Waals surface area (Å²) in [6.45, 7) is 0. The van der Waals surface area contributed by atoms with E-state index in [2.05, 4.69) is 10.1 Å². The van der Waals surface area contributed by atoms with Crippen LogP contribution in [0.4, 0.5) is 13.2 Å². The molecule has 0 atom stereocenters. The van der Waals surface area contributed by atoms with Crippen LogP contribution in [0.25, 0.3) is 11.0 Å². The van der Waals surface area contributed by atoms with Gasteiger partial charge in [0.1, 0.15) is 0 Å². The number of hydrogen-bond donors (Lipinski definition) is 1. The van der Waals surface area contributed by atoms with Gasteiger partial charge in [-0.05, 0) is 12.8 Å². The summed E-state index contributed by atoms with van der Waals surface area (Å²) in [5, 5.41) is 4.05. The maximum absolute atomic E-state index is 12.9. The summed E-state index contributed by atoms with van der Waals surface area (Å²) in [7, 11) is 0. The number of fused-ring (bicyclic) bond motifs is 1. The molecule has 0 amide bonds. The van der Waals surface area contributed by atoms with Gasteiger partial charge in [-0.15, -0.1) is 0 Å². The van der Waals surface area contributed by atoms with Crippen molar-refractivity contribution in [1.82, 2.24) is 14.8 Å². The molecule has 2 aromatic heterocycles. The number of nitrogens with zero attached hydrogens (tertiary/aromatic N) is 2. The first-order valence-corrected chi connectivity index (χ1v) is 6.14. The van der Waals surface area contributed by atoms with E-state index in [1.807, 2.05) is 0 Å². The van der Waals surface area contributed by atoms with E-state index in [-0.39, 0.29) is 17.1 Å². The van der Waals surface area contributed by atoms with Gasteiger partial charge in [0.15, 0.2) is 5.65 Å². The summed E-state index contributed by atoms with van der Waals surface area (Å²) in [6.07, 6.45) is 0.798. The zero-order valence-corrected chi connectivity index (χ0v) is 10.00. The van der Waals surface area contributed by atoms with E-state index >= 15 is 0 Å². The van der Waals surface area contributed by atoms with Gasteiger partial charge in [0.2, 0.25) is 5.56 Å². The number of nitrogens with one attached hydrogen (secondary N) is 1. The molecule has 0 saturated heterocycles. The third-order valence-electron chi connectivity index (χ3n) is 3.54. The Labute approximate surface area is 106 Å². The monoisotopic (exact) mass is 271 g/mol. The van der Waals surface area contributed by atoms with Gasteiger partial charge in [-0.3, -0.25) is 9.48 Å². The molecular formula is C12H12F3N3O. The van der Waals surface area contributed by atoms with Gasteiger partial charge in [0, 0.05) is 17.6 Å². The molecule has 1 aliphatic rings. The third kappa shape index (κ3) is 2.13. The summed E-state index contributed by atoms with van der Waals surface area (Å²) in [5.74, 6) is 0. The lowest BCUT2D eigenvalue weighted by Crippen LogP contribution is -2.13. The number of aromatic amines is 1. The minimum atomic E-state index is -4.55.